The maximum absolute atomic E-state index is 13.8. The summed E-state index contributed by atoms with van der Waals surface area (Å²) < 4.78 is 5.93. The second-order valence-electron chi connectivity index (χ2n) is 17.5. The molecule has 0 N–H and O–H groups in total. The van der Waals surface area contributed by atoms with Crippen LogP contribution in [0.15, 0.2) is 29.4 Å². The number of hydrogen-bond donors (Lipinski definition) is 0. The molecule has 0 aromatic heterocycles. The normalized spacial score (nSPS) is 37.3. The number of carbonyl (C=O) groups excluding carboxylic acids is 3. The van der Waals surface area contributed by atoms with Crippen molar-refractivity contribution in [2.45, 2.75) is 144 Å². The second kappa shape index (κ2) is 13.7. The summed E-state index contributed by atoms with van der Waals surface area (Å²) >= 11 is 1.64. The van der Waals surface area contributed by atoms with Gasteiger partial charge in [-0.25, -0.2) is 5.01 Å². The van der Waals surface area contributed by atoms with Gasteiger partial charge in [-0.2, -0.15) is 0 Å². The minimum Gasteiger partial charge on any atom is -0.463 e. The van der Waals surface area contributed by atoms with Gasteiger partial charge in [-0.05, 0) is 117 Å². The van der Waals surface area contributed by atoms with Crippen LogP contribution in [-0.2, 0) is 19.1 Å². The van der Waals surface area contributed by atoms with E-state index in [1.165, 1.54) is 51.9 Å². The molecule has 4 saturated carbocycles. The van der Waals surface area contributed by atoms with Crippen LogP contribution in [0.3, 0.4) is 0 Å². The number of hydrazone groups is 1. The Labute approximate surface area is 299 Å². The standard InChI is InChI=1S/C41H61N3O4S/c1-25(2)11-10-12-27(4)34-17-18-35-33-24-41(37-23-32(48-30(7)47)19-21-40(37,9)36(33)20-22-39(34,35)8)44(29(6)46)42-38(49-41)43(28(5)45)31-15-13-26(3)14-16-31/h13-16,25,27,32-37H,10-12,17-24H2,1-9H3/t27-,32+,33+,34-,35+,36+,37+,39-,40-,41-/m1/s1. The van der Waals surface area contributed by atoms with E-state index in [1.54, 1.807) is 35.5 Å². The minimum absolute atomic E-state index is 0.0432. The fourth-order valence-corrected chi connectivity index (χ4v) is 13.8. The molecule has 7 nitrogen and oxygen atoms in total. The molecule has 1 heterocycles. The molecule has 4 aliphatic carbocycles. The number of nitrogens with zero attached hydrogens (tertiary/aromatic N) is 3. The minimum atomic E-state index is -0.659. The monoisotopic (exact) mass is 691 g/mol. The van der Waals surface area contributed by atoms with E-state index in [4.69, 9.17) is 9.84 Å². The van der Waals surface area contributed by atoms with Crippen molar-refractivity contribution in [3.05, 3.63) is 29.8 Å². The predicted molar refractivity (Wildman–Crippen MR) is 199 cm³/mol. The van der Waals surface area contributed by atoms with Crippen molar-refractivity contribution >= 4 is 40.4 Å². The van der Waals surface area contributed by atoms with Gasteiger partial charge in [0.25, 0.3) is 0 Å². The maximum atomic E-state index is 13.8. The Balaban J connectivity index is 1.40. The Morgan fingerprint density at radius 3 is 2.27 bits per heavy atom. The molecule has 1 aliphatic heterocycles. The van der Waals surface area contributed by atoms with Crippen molar-refractivity contribution in [1.29, 1.82) is 0 Å². The number of aryl methyl sites for hydroxylation is 1. The fourth-order valence-electron chi connectivity index (χ4n) is 12.0. The van der Waals surface area contributed by atoms with Gasteiger partial charge in [0, 0.05) is 26.7 Å². The summed E-state index contributed by atoms with van der Waals surface area (Å²) in [5, 5.41) is 7.44. The highest BCUT2D eigenvalue weighted by atomic mass is 32.2. The number of hydrogen-bond acceptors (Lipinski definition) is 6. The van der Waals surface area contributed by atoms with Crippen LogP contribution in [0.25, 0.3) is 0 Å². The maximum Gasteiger partial charge on any atom is 0.302 e. The Morgan fingerprint density at radius 2 is 1.63 bits per heavy atom. The zero-order valence-corrected chi connectivity index (χ0v) is 32.4. The van der Waals surface area contributed by atoms with Crippen LogP contribution in [0.4, 0.5) is 5.69 Å². The molecule has 270 valence electrons. The topological polar surface area (TPSA) is 79.3 Å². The number of amides is 2. The number of thioether (sulfide) groups is 1. The molecule has 0 saturated heterocycles. The summed E-state index contributed by atoms with van der Waals surface area (Å²) in [5.74, 6) is 3.43. The van der Waals surface area contributed by atoms with Crippen LogP contribution in [0.2, 0.25) is 0 Å². The predicted octanol–water partition coefficient (Wildman–Crippen LogP) is 9.57. The molecule has 0 bridgehead atoms. The fraction of sp³-hybridized carbons (Fsp3) is 0.756. The van der Waals surface area contributed by atoms with E-state index in [-0.39, 0.29) is 35.2 Å². The number of ether oxygens (including phenoxy) is 1. The lowest BCUT2D eigenvalue weighted by molar-refractivity contribution is -0.182. The third-order valence-electron chi connectivity index (χ3n) is 14.1. The molecule has 10 atom stereocenters. The lowest BCUT2D eigenvalue weighted by Gasteiger charge is -2.66. The summed E-state index contributed by atoms with van der Waals surface area (Å²) in [7, 11) is 0. The summed E-state index contributed by atoms with van der Waals surface area (Å²) in [4.78, 5) is 40.5. The number of benzene rings is 1. The molecule has 6 rings (SSSR count). The third kappa shape index (κ3) is 6.39. The zero-order valence-electron chi connectivity index (χ0n) is 31.6. The molecular weight excluding hydrogens is 631 g/mol. The first-order chi connectivity index (χ1) is 23.1. The Hall–Kier alpha value is -2.35. The van der Waals surface area contributed by atoms with E-state index in [9.17, 15) is 14.4 Å². The molecule has 2 amide bonds. The first-order valence-electron chi connectivity index (χ1n) is 19.2. The third-order valence-corrected chi connectivity index (χ3v) is 15.5. The van der Waals surface area contributed by atoms with Crippen LogP contribution in [0.1, 0.15) is 132 Å². The van der Waals surface area contributed by atoms with Gasteiger partial charge in [-0.3, -0.25) is 19.3 Å². The number of rotatable bonds is 7. The van der Waals surface area contributed by atoms with E-state index in [2.05, 4.69) is 34.6 Å². The molecule has 1 aromatic rings. The van der Waals surface area contributed by atoms with Crippen LogP contribution in [0, 0.1) is 59.2 Å². The first kappa shape index (κ1) is 36.4. The lowest BCUT2D eigenvalue weighted by atomic mass is 9.43. The summed E-state index contributed by atoms with van der Waals surface area (Å²) in [6.07, 6.45) is 12.2. The lowest BCUT2D eigenvalue weighted by Crippen LogP contribution is -2.66. The molecule has 8 heteroatoms. The molecule has 1 aromatic carbocycles. The average molecular weight is 692 g/mol. The van der Waals surface area contributed by atoms with Crippen molar-refractivity contribution in [2.75, 3.05) is 4.90 Å². The number of carbonyl (C=O) groups is 3. The zero-order chi connectivity index (χ0) is 35.5. The first-order valence-corrected chi connectivity index (χ1v) is 20.1. The van der Waals surface area contributed by atoms with Gasteiger partial charge in [0.1, 0.15) is 11.0 Å². The van der Waals surface area contributed by atoms with E-state index >= 15 is 0 Å². The van der Waals surface area contributed by atoms with E-state index in [0.717, 1.165) is 42.3 Å². The van der Waals surface area contributed by atoms with Crippen LogP contribution in [0.5, 0.6) is 0 Å². The van der Waals surface area contributed by atoms with Gasteiger partial charge in [-0.1, -0.05) is 83.3 Å². The molecular formula is C41H61N3O4S. The number of anilines is 1. The summed E-state index contributed by atoms with van der Waals surface area (Å²) in [5.41, 5.74) is 2.13. The number of fused-ring (bicyclic) bond motifs is 6. The quantitative estimate of drug-likeness (QED) is 0.266. The van der Waals surface area contributed by atoms with Crippen molar-refractivity contribution in [3.63, 3.8) is 0 Å². The Bertz CT molecular complexity index is 1460. The molecule has 5 aliphatic rings. The van der Waals surface area contributed by atoms with Gasteiger partial charge in [0.2, 0.25) is 11.8 Å². The Kier molecular flexibility index (Phi) is 10.2. The van der Waals surface area contributed by atoms with Gasteiger partial charge in [0.05, 0.1) is 5.69 Å². The largest absolute Gasteiger partial charge is 0.463 e. The SMILES string of the molecule is CC(=O)O[C@H]1CC[C@]2(C)[C@H]3CC[C@]4(C)[C@@H]([C@H](C)CCCC(C)C)CC[C@H]4[C@@H]3C[C@@]3(SC(N(C(C)=O)c4ccc(C)cc4)=NN3C(C)=O)[C@H]2C1. The number of esters is 1. The highest BCUT2D eigenvalue weighted by molar-refractivity contribution is 8.15. The van der Waals surface area contributed by atoms with Crippen LogP contribution >= 0.6 is 11.8 Å². The van der Waals surface area contributed by atoms with E-state index in [0.29, 0.717) is 40.7 Å². The van der Waals surface area contributed by atoms with Crippen molar-refractivity contribution < 1.29 is 19.1 Å². The second-order valence-corrected chi connectivity index (χ2v) is 18.8. The highest BCUT2D eigenvalue weighted by Crippen LogP contribution is 2.73. The van der Waals surface area contributed by atoms with Crippen LogP contribution in [-0.4, -0.2) is 38.9 Å². The van der Waals surface area contributed by atoms with Gasteiger partial charge in [0.15, 0.2) is 5.17 Å². The Morgan fingerprint density at radius 1 is 0.959 bits per heavy atom. The highest BCUT2D eigenvalue weighted by Gasteiger charge is 2.70. The molecule has 1 spiro atoms. The average Bonchev–Trinajstić information content (AvgIpc) is 3.57. The van der Waals surface area contributed by atoms with Crippen molar-refractivity contribution in [3.8, 4) is 0 Å². The van der Waals surface area contributed by atoms with Crippen molar-refractivity contribution in [1.82, 2.24) is 5.01 Å². The van der Waals surface area contributed by atoms with Gasteiger partial charge in [-0.15, -0.1) is 5.10 Å². The summed E-state index contributed by atoms with van der Waals surface area (Å²) in [6, 6.07) is 7.96. The number of amidine groups is 1. The van der Waals surface area contributed by atoms with E-state index in [1.807, 2.05) is 31.2 Å². The van der Waals surface area contributed by atoms with E-state index < -0.39 is 4.87 Å². The van der Waals surface area contributed by atoms with Crippen molar-refractivity contribution in [2.24, 2.45) is 57.4 Å². The summed E-state index contributed by atoms with van der Waals surface area (Å²) in [6.45, 7) is 19.0. The van der Waals surface area contributed by atoms with Gasteiger partial charge >= 0.3 is 5.97 Å². The molecule has 4 fully saturated rings. The smallest absolute Gasteiger partial charge is 0.302 e. The van der Waals surface area contributed by atoms with Crippen LogP contribution < -0.4 is 4.90 Å². The molecule has 0 unspecified atom stereocenters. The molecule has 49 heavy (non-hydrogen) atoms. The van der Waals surface area contributed by atoms with Gasteiger partial charge < -0.3 is 4.74 Å². The molecule has 0 radical (unpaired) electrons.